The summed E-state index contributed by atoms with van der Waals surface area (Å²) < 4.78 is 9.53. The molecular weight excluding hydrogens is 436 g/mol. The Hall–Kier alpha value is -3.46. The van der Waals surface area contributed by atoms with Crippen LogP contribution >= 0.6 is 11.8 Å². The van der Waals surface area contributed by atoms with Crippen LogP contribution in [-0.2, 0) is 12.3 Å². The quantitative estimate of drug-likeness (QED) is 0.324. The average molecular weight is 461 g/mol. The largest absolute Gasteiger partial charge is 0.420 e. The molecule has 3 heterocycles. The SMILES string of the molecule is Cc1ccc(-c2nnc(CSc3nnc4n(CCC(C)C)c(=O)c5ccccc5n34)o2)cc1. The molecule has 0 saturated carbocycles. The van der Waals surface area contributed by atoms with Crippen LogP contribution in [0.4, 0.5) is 0 Å². The van der Waals surface area contributed by atoms with Gasteiger partial charge in [0.05, 0.1) is 16.7 Å². The summed E-state index contributed by atoms with van der Waals surface area (Å²) in [5.74, 6) is 2.46. The molecule has 0 aliphatic heterocycles. The van der Waals surface area contributed by atoms with Crippen LogP contribution in [0.1, 0.15) is 31.7 Å². The van der Waals surface area contributed by atoms with Gasteiger partial charge in [-0.1, -0.05) is 55.4 Å². The van der Waals surface area contributed by atoms with E-state index in [9.17, 15) is 4.79 Å². The van der Waals surface area contributed by atoms with Crippen LogP contribution in [0.15, 0.2) is 62.9 Å². The summed E-state index contributed by atoms with van der Waals surface area (Å²) in [5.41, 5.74) is 2.81. The van der Waals surface area contributed by atoms with Gasteiger partial charge in [0.15, 0.2) is 5.16 Å². The number of fused-ring (bicyclic) bond motifs is 3. The molecule has 2 aromatic carbocycles. The van der Waals surface area contributed by atoms with Crippen LogP contribution in [0.3, 0.4) is 0 Å². The average Bonchev–Trinajstić information content (AvgIpc) is 3.45. The first-order chi connectivity index (χ1) is 16.0. The lowest BCUT2D eigenvalue weighted by Crippen LogP contribution is -2.24. The van der Waals surface area contributed by atoms with Gasteiger partial charge in [0.2, 0.25) is 17.6 Å². The Morgan fingerprint density at radius 3 is 2.58 bits per heavy atom. The van der Waals surface area contributed by atoms with Gasteiger partial charge in [-0.25, -0.2) is 0 Å². The molecule has 0 aliphatic rings. The topological polar surface area (TPSA) is 91.1 Å². The van der Waals surface area contributed by atoms with Crippen LogP contribution in [0.5, 0.6) is 0 Å². The summed E-state index contributed by atoms with van der Waals surface area (Å²) in [6, 6.07) is 15.5. The maximum Gasteiger partial charge on any atom is 0.262 e. The Morgan fingerprint density at radius 2 is 1.79 bits per heavy atom. The van der Waals surface area contributed by atoms with Gasteiger partial charge in [-0.15, -0.1) is 20.4 Å². The minimum atomic E-state index is -0.0395. The Kier molecular flexibility index (Phi) is 5.72. The molecule has 0 amide bonds. The third-order valence-corrected chi connectivity index (χ3v) is 6.41. The fourth-order valence-electron chi connectivity index (χ4n) is 3.67. The van der Waals surface area contributed by atoms with E-state index < -0.39 is 0 Å². The van der Waals surface area contributed by atoms with E-state index in [4.69, 9.17) is 4.42 Å². The lowest BCUT2D eigenvalue weighted by molar-refractivity contribution is 0.512. The van der Waals surface area contributed by atoms with Crippen molar-refractivity contribution in [1.29, 1.82) is 0 Å². The van der Waals surface area contributed by atoms with Gasteiger partial charge in [-0.2, -0.15) is 0 Å². The van der Waals surface area contributed by atoms with E-state index in [0.29, 0.717) is 46.3 Å². The fraction of sp³-hybridized carbons (Fsp3) is 0.292. The molecule has 5 rings (SSSR count). The maximum absolute atomic E-state index is 13.1. The highest BCUT2D eigenvalue weighted by Gasteiger charge is 2.18. The van der Waals surface area contributed by atoms with E-state index in [1.807, 2.05) is 59.9 Å². The number of aryl methyl sites for hydroxylation is 2. The molecular formula is C24H24N6O2S. The minimum Gasteiger partial charge on any atom is -0.420 e. The Balaban J connectivity index is 1.48. The number of thioether (sulfide) groups is 1. The van der Waals surface area contributed by atoms with E-state index in [1.54, 1.807) is 4.57 Å². The molecule has 3 aromatic heterocycles. The smallest absolute Gasteiger partial charge is 0.262 e. The lowest BCUT2D eigenvalue weighted by Gasteiger charge is -2.12. The van der Waals surface area contributed by atoms with Gasteiger partial charge >= 0.3 is 0 Å². The summed E-state index contributed by atoms with van der Waals surface area (Å²) >= 11 is 1.45. The van der Waals surface area contributed by atoms with E-state index >= 15 is 0 Å². The molecule has 9 heteroatoms. The predicted molar refractivity (Wildman–Crippen MR) is 128 cm³/mol. The van der Waals surface area contributed by atoms with Gasteiger partial charge in [0, 0.05) is 12.1 Å². The van der Waals surface area contributed by atoms with Crippen molar-refractivity contribution in [2.24, 2.45) is 5.92 Å². The minimum absolute atomic E-state index is 0.0395. The van der Waals surface area contributed by atoms with Crippen LogP contribution in [-0.4, -0.2) is 29.4 Å². The second-order valence-corrected chi connectivity index (χ2v) is 9.37. The van der Waals surface area contributed by atoms with E-state index in [1.165, 1.54) is 17.3 Å². The number of hydrogen-bond acceptors (Lipinski definition) is 7. The number of aromatic nitrogens is 6. The van der Waals surface area contributed by atoms with Crippen LogP contribution in [0.25, 0.3) is 28.1 Å². The number of para-hydroxylation sites is 1. The Labute approximate surface area is 194 Å². The van der Waals surface area contributed by atoms with Crippen molar-refractivity contribution in [2.45, 2.75) is 44.6 Å². The lowest BCUT2D eigenvalue weighted by atomic mass is 10.1. The third kappa shape index (κ3) is 4.16. The van der Waals surface area contributed by atoms with Crippen molar-refractivity contribution in [3.8, 4) is 11.5 Å². The van der Waals surface area contributed by atoms with Crippen LogP contribution < -0.4 is 5.56 Å². The van der Waals surface area contributed by atoms with Crippen molar-refractivity contribution in [3.63, 3.8) is 0 Å². The molecule has 0 N–H and O–H groups in total. The van der Waals surface area contributed by atoms with Crippen LogP contribution in [0.2, 0.25) is 0 Å². The van der Waals surface area contributed by atoms with E-state index in [-0.39, 0.29) is 5.56 Å². The molecule has 5 aromatic rings. The number of benzene rings is 2. The first kappa shape index (κ1) is 21.4. The van der Waals surface area contributed by atoms with Gasteiger partial charge in [-0.05, 0) is 43.5 Å². The molecule has 0 spiro atoms. The highest BCUT2D eigenvalue weighted by atomic mass is 32.2. The highest BCUT2D eigenvalue weighted by Crippen LogP contribution is 2.26. The van der Waals surface area contributed by atoms with Crippen molar-refractivity contribution in [1.82, 2.24) is 29.4 Å². The first-order valence-electron chi connectivity index (χ1n) is 10.9. The molecule has 0 atom stereocenters. The Morgan fingerprint density at radius 1 is 1.00 bits per heavy atom. The molecule has 0 unspecified atom stereocenters. The molecule has 0 aliphatic carbocycles. The number of rotatable bonds is 7. The maximum atomic E-state index is 13.1. The zero-order chi connectivity index (χ0) is 22.9. The summed E-state index contributed by atoms with van der Waals surface area (Å²) in [6.45, 7) is 6.92. The molecule has 0 radical (unpaired) electrons. The van der Waals surface area contributed by atoms with E-state index in [2.05, 4.69) is 34.2 Å². The standard InChI is InChI=1S/C24H24N6O2S/c1-15(2)12-13-29-22(31)18-6-4-5-7-19(18)30-23(29)27-28-24(30)33-14-20-25-26-21(32-20)17-10-8-16(3)9-11-17/h4-11,15H,12-14H2,1-3H3. The van der Waals surface area contributed by atoms with Gasteiger partial charge in [0.1, 0.15) is 0 Å². The zero-order valence-electron chi connectivity index (χ0n) is 18.7. The third-order valence-electron chi connectivity index (χ3n) is 5.50. The Bertz CT molecular complexity index is 1480. The second kappa shape index (κ2) is 8.82. The van der Waals surface area contributed by atoms with E-state index in [0.717, 1.165) is 17.5 Å². The highest BCUT2D eigenvalue weighted by molar-refractivity contribution is 7.98. The van der Waals surface area contributed by atoms with Crippen molar-refractivity contribution < 1.29 is 4.42 Å². The normalized spacial score (nSPS) is 11.8. The summed E-state index contributed by atoms with van der Waals surface area (Å²) in [7, 11) is 0. The number of hydrogen-bond donors (Lipinski definition) is 0. The summed E-state index contributed by atoms with van der Waals surface area (Å²) in [6.07, 6.45) is 0.882. The molecule has 8 nitrogen and oxygen atoms in total. The molecule has 0 saturated heterocycles. The van der Waals surface area contributed by atoms with Gasteiger partial charge in [-0.3, -0.25) is 13.8 Å². The number of nitrogens with zero attached hydrogens (tertiary/aromatic N) is 6. The molecule has 168 valence electrons. The van der Waals surface area contributed by atoms with Crippen molar-refractivity contribution >= 4 is 28.4 Å². The first-order valence-corrected chi connectivity index (χ1v) is 11.9. The zero-order valence-corrected chi connectivity index (χ0v) is 19.5. The fourth-order valence-corrected chi connectivity index (χ4v) is 4.44. The monoisotopic (exact) mass is 460 g/mol. The summed E-state index contributed by atoms with van der Waals surface area (Å²) in [5, 5.41) is 18.4. The van der Waals surface area contributed by atoms with Gasteiger partial charge < -0.3 is 4.42 Å². The van der Waals surface area contributed by atoms with Crippen LogP contribution in [0, 0.1) is 12.8 Å². The predicted octanol–water partition coefficient (Wildman–Crippen LogP) is 4.74. The van der Waals surface area contributed by atoms with Crippen molar-refractivity contribution in [2.75, 3.05) is 0 Å². The summed E-state index contributed by atoms with van der Waals surface area (Å²) in [4.78, 5) is 13.1. The molecule has 0 bridgehead atoms. The molecule has 33 heavy (non-hydrogen) atoms. The second-order valence-electron chi connectivity index (χ2n) is 8.43. The van der Waals surface area contributed by atoms with Crippen molar-refractivity contribution in [3.05, 3.63) is 70.3 Å². The molecule has 0 fully saturated rings. The van der Waals surface area contributed by atoms with Gasteiger partial charge in [0.25, 0.3) is 5.56 Å².